The molecule has 3 rings (SSSR count). The van der Waals surface area contributed by atoms with Crippen molar-refractivity contribution < 1.29 is 4.74 Å². The molecule has 23 heavy (non-hydrogen) atoms. The number of nitrogens with zero attached hydrogens (tertiary/aromatic N) is 1. The number of rotatable bonds is 3. The highest BCUT2D eigenvalue weighted by molar-refractivity contribution is 5.89. The topological polar surface area (TPSA) is 49.4 Å². The van der Waals surface area contributed by atoms with Gasteiger partial charge in [-0.3, -0.25) is 4.99 Å². The lowest BCUT2D eigenvalue weighted by molar-refractivity contribution is 0.318. The fourth-order valence-electron chi connectivity index (χ4n) is 3.08. The van der Waals surface area contributed by atoms with Gasteiger partial charge >= 0.3 is 0 Å². The van der Waals surface area contributed by atoms with E-state index in [1.54, 1.807) is 13.3 Å². The minimum Gasteiger partial charge on any atom is -0.495 e. The minimum atomic E-state index is 0. The quantitative estimate of drug-likeness (QED) is 0.892. The smallest absolute Gasteiger partial charge is 0.139 e. The van der Waals surface area contributed by atoms with E-state index < -0.39 is 0 Å². The number of nitrogens with one attached hydrogen (secondary N) is 2. The van der Waals surface area contributed by atoms with Crippen molar-refractivity contribution in [3.8, 4) is 0 Å². The first kappa shape index (κ1) is 17.7. The maximum absolute atomic E-state index is 5.18. The minimum absolute atomic E-state index is 0. The van der Waals surface area contributed by atoms with Crippen LogP contribution >= 0.6 is 12.4 Å². The summed E-state index contributed by atoms with van der Waals surface area (Å²) < 4.78 is 5.18. The summed E-state index contributed by atoms with van der Waals surface area (Å²) in [5, 5.41) is 5.70. The van der Waals surface area contributed by atoms with E-state index in [9.17, 15) is 0 Å². The molecule has 0 unspecified atom stereocenters. The molecule has 0 aromatic carbocycles. The van der Waals surface area contributed by atoms with Gasteiger partial charge in [0, 0.05) is 18.3 Å². The van der Waals surface area contributed by atoms with Crippen molar-refractivity contribution in [2.75, 3.05) is 7.11 Å². The van der Waals surface area contributed by atoms with E-state index in [-0.39, 0.29) is 12.4 Å². The highest BCUT2D eigenvalue weighted by Crippen LogP contribution is 2.16. The van der Waals surface area contributed by atoms with Crippen LogP contribution in [-0.4, -0.2) is 24.4 Å². The van der Waals surface area contributed by atoms with Gasteiger partial charge in [-0.25, -0.2) is 0 Å². The zero-order valence-electron chi connectivity index (χ0n) is 13.7. The van der Waals surface area contributed by atoms with Crippen LogP contribution in [0.3, 0.4) is 0 Å². The molecule has 2 aliphatic rings. The average molecular weight is 336 g/mol. The van der Waals surface area contributed by atoms with Crippen LogP contribution in [-0.2, 0) is 4.74 Å². The molecule has 0 bridgehead atoms. The molecule has 2 N–H and O–H groups in total. The standard InChI is InChI=1S/C18H25N3O.ClH/c1-22-16-11-18(20-13-16)17-10-9-15(21-17)12-19-14-7-5-3-2-4-6-8-14;/h9-14,19,21H,2-8H2,1H3;1H. The van der Waals surface area contributed by atoms with Gasteiger partial charge in [-0.2, -0.15) is 0 Å². The predicted molar refractivity (Wildman–Crippen MR) is 98.0 cm³/mol. The number of H-pyrrole nitrogens is 1. The molecular formula is C18H26ClN3O. The second-order valence-electron chi connectivity index (χ2n) is 6.07. The Hall–Kier alpha value is -1.68. The van der Waals surface area contributed by atoms with Crippen molar-refractivity contribution in [3.63, 3.8) is 0 Å². The van der Waals surface area contributed by atoms with Gasteiger partial charge < -0.3 is 15.0 Å². The third kappa shape index (κ3) is 4.90. The largest absolute Gasteiger partial charge is 0.495 e. The Morgan fingerprint density at radius 2 is 1.91 bits per heavy atom. The Balaban J connectivity index is 0.00000192. The van der Waals surface area contributed by atoms with Gasteiger partial charge in [0.05, 0.1) is 29.7 Å². The number of allylic oxidation sites excluding steroid dienone is 1. The van der Waals surface area contributed by atoms with Crippen molar-refractivity contribution in [1.82, 2.24) is 10.3 Å². The predicted octanol–water partition coefficient (Wildman–Crippen LogP) is 2.60. The lowest BCUT2D eigenvalue weighted by atomic mass is 9.97. The molecule has 1 aromatic rings. The Morgan fingerprint density at radius 3 is 2.61 bits per heavy atom. The van der Waals surface area contributed by atoms with Crippen LogP contribution in [0.5, 0.6) is 0 Å². The summed E-state index contributed by atoms with van der Waals surface area (Å²) in [5.41, 5.74) is 0.919. The summed E-state index contributed by atoms with van der Waals surface area (Å²) in [7, 11) is 1.66. The number of aromatic amines is 1. The van der Waals surface area contributed by atoms with E-state index in [4.69, 9.17) is 4.74 Å². The summed E-state index contributed by atoms with van der Waals surface area (Å²) in [5.74, 6) is 0.794. The first-order chi connectivity index (χ1) is 10.8. The Morgan fingerprint density at radius 1 is 1.17 bits per heavy atom. The first-order valence-corrected chi connectivity index (χ1v) is 8.30. The average Bonchev–Trinajstić information content (AvgIpc) is 3.15. The molecule has 0 atom stereocenters. The second-order valence-corrected chi connectivity index (χ2v) is 6.07. The van der Waals surface area contributed by atoms with Crippen LogP contribution in [0.4, 0.5) is 0 Å². The first-order valence-electron chi connectivity index (χ1n) is 8.30. The van der Waals surface area contributed by atoms with Crippen molar-refractivity contribution in [1.29, 1.82) is 0 Å². The highest BCUT2D eigenvalue weighted by atomic mass is 35.5. The number of hydrogen-bond acceptors (Lipinski definition) is 3. The van der Waals surface area contributed by atoms with E-state index in [1.165, 1.54) is 44.9 Å². The third-order valence-corrected chi connectivity index (χ3v) is 4.41. The molecule has 0 spiro atoms. The van der Waals surface area contributed by atoms with Gasteiger partial charge in [-0.15, -0.1) is 12.4 Å². The molecule has 1 aromatic heterocycles. The van der Waals surface area contributed by atoms with Crippen molar-refractivity contribution >= 4 is 30.5 Å². The van der Waals surface area contributed by atoms with Gasteiger partial charge in [0.1, 0.15) is 5.76 Å². The molecule has 0 radical (unpaired) electrons. The Labute approximate surface area is 143 Å². The number of aliphatic imine (C=N–C) groups is 1. The van der Waals surface area contributed by atoms with E-state index >= 15 is 0 Å². The van der Waals surface area contributed by atoms with Crippen molar-refractivity contribution in [3.05, 3.63) is 34.7 Å². The normalized spacial score (nSPS) is 22.1. The molecule has 5 heteroatoms. The zero-order valence-corrected chi connectivity index (χ0v) is 14.5. The molecule has 1 saturated carbocycles. The molecular weight excluding hydrogens is 310 g/mol. The van der Waals surface area contributed by atoms with Crippen LogP contribution in [0.15, 0.2) is 29.0 Å². The van der Waals surface area contributed by atoms with Gasteiger partial charge in [0.25, 0.3) is 0 Å². The van der Waals surface area contributed by atoms with Gasteiger partial charge in [-0.05, 0) is 25.0 Å². The maximum Gasteiger partial charge on any atom is 0.139 e. The van der Waals surface area contributed by atoms with Crippen molar-refractivity contribution in [2.45, 2.75) is 51.0 Å². The lowest BCUT2D eigenvalue weighted by Gasteiger charge is -2.19. The summed E-state index contributed by atoms with van der Waals surface area (Å²) >= 11 is 0. The third-order valence-electron chi connectivity index (χ3n) is 4.41. The van der Waals surface area contributed by atoms with E-state index in [2.05, 4.69) is 33.6 Å². The fraction of sp³-hybridized carbons (Fsp3) is 0.500. The van der Waals surface area contributed by atoms with Gasteiger partial charge in [0.2, 0.25) is 0 Å². The number of methoxy groups -OCH3 is 1. The summed E-state index contributed by atoms with van der Waals surface area (Å²) in [6.45, 7) is 0. The Bertz CT molecular complexity index is 667. The molecule has 126 valence electrons. The molecule has 4 nitrogen and oxygen atoms in total. The summed E-state index contributed by atoms with van der Waals surface area (Å²) in [4.78, 5) is 7.75. The van der Waals surface area contributed by atoms with Crippen LogP contribution in [0.1, 0.15) is 44.9 Å². The Kier molecular flexibility index (Phi) is 6.78. The van der Waals surface area contributed by atoms with Crippen molar-refractivity contribution in [2.24, 2.45) is 4.99 Å². The fourth-order valence-corrected chi connectivity index (χ4v) is 3.08. The molecule has 0 saturated heterocycles. The number of halogens is 1. The van der Waals surface area contributed by atoms with Gasteiger partial charge in [0.15, 0.2) is 0 Å². The van der Waals surface area contributed by atoms with Crippen LogP contribution < -0.4 is 16.0 Å². The monoisotopic (exact) mass is 335 g/mol. The zero-order chi connectivity index (χ0) is 15.2. The number of ether oxygens (including phenoxy) is 1. The van der Waals surface area contributed by atoms with Gasteiger partial charge in [-0.1, -0.05) is 32.1 Å². The number of aromatic nitrogens is 1. The van der Waals surface area contributed by atoms with E-state index in [1.807, 2.05) is 6.08 Å². The second kappa shape index (κ2) is 8.82. The highest BCUT2D eigenvalue weighted by Gasteiger charge is 2.09. The molecule has 1 fully saturated rings. The summed E-state index contributed by atoms with van der Waals surface area (Å²) in [6, 6.07) is 4.77. The molecule has 0 amide bonds. The van der Waals surface area contributed by atoms with Crippen LogP contribution in [0, 0.1) is 0 Å². The molecule has 2 heterocycles. The SMILES string of the molecule is COC1=CC(=c2ccc(=CNC3CCCCCCC3)[nH]2)N=C1.Cl. The summed E-state index contributed by atoms with van der Waals surface area (Å²) in [6.07, 6.45) is 15.2. The lowest BCUT2D eigenvalue weighted by Crippen LogP contribution is -2.27. The van der Waals surface area contributed by atoms with E-state index in [0.717, 1.165) is 22.2 Å². The van der Waals surface area contributed by atoms with Crippen LogP contribution in [0.25, 0.3) is 11.9 Å². The van der Waals surface area contributed by atoms with E-state index in [0.29, 0.717) is 6.04 Å². The van der Waals surface area contributed by atoms with Crippen LogP contribution in [0.2, 0.25) is 0 Å². The molecule has 1 aliphatic carbocycles. The molecule has 1 aliphatic heterocycles. The maximum atomic E-state index is 5.18. The number of hydrogen-bond donors (Lipinski definition) is 2.